The Morgan fingerprint density at radius 3 is 2.44 bits per heavy atom. The van der Waals surface area contributed by atoms with Gasteiger partial charge in [-0.2, -0.15) is 0 Å². The molecule has 1 saturated carbocycles. The third-order valence-electron chi connectivity index (χ3n) is 3.76. The van der Waals surface area contributed by atoms with Crippen molar-refractivity contribution < 1.29 is 13.5 Å². The van der Waals surface area contributed by atoms with Crippen LogP contribution in [0.15, 0.2) is 12.1 Å². The van der Waals surface area contributed by atoms with Gasteiger partial charge in [-0.25, -0.2) is 8.78 Å². The van der Waals surface area contributed by atoms with Gasteiger partial charge in [0.2, 0.25) is 0 Å². The van der Waals surface area contributed by atoms with Crippen LogP contribution in [0.5, 0.6) is 5.75 Å². The van der Waals surface area contributed by atoms with Crippen LogP contribution in [0.1, 0.15) is 49.9 Å². The number of halogens is 2. The average Bonchev–Trinajstić information content (AvgIpc) is 2.76. The second-order valence-corrected chi connectivity index (χ2v) is 5.06. The van der Waals surface area contributed by atoms with E-state index in [0.717, 1.165) is 25.7 Å². The topological polar surface area (TPSA) is 35.2 Å². The summed E-state index contributed by atoms with van der Waals surface area (Å²) in [4.78, 5) is 0. The number of benzene rings is 1. The Morgan fingerprint density at radius 2 is 1.94 bits per heavy atom. The van der Waals surface area contributed by atoms with Crippen LogP contribution in [0.2, 0.25) is 0 Å². The Kier molecular flexibility index (Phi) is 3.57. The molecule has 1 atom stereocenters. The zero-order chi connectivity index (χ0) is 13.3. The molecule has 2 N–H and O–H groups in total. The third-order valence-corrected chi connectivity index (χ3v) is 3.76. The molecule has 0 bridgehead atoms. The molecule has 2 nitrogen and oxygen atoms in total. The number of ether oxygens (including phenoxy) is 1. The van der Waals surface area contributed by atoms with Crippen LogP contribution in [-0.4, -0.2) is 7.11 Å². The predicted octanol–water partition coefficient (Wildman–Crippen LogP) is 3.59. The van der Waals surface area contributed by atoms with E-state index in [1.54, 1.807) is 6.07 Å². The molecule has 2 rings (SSSR count). The lowest BCUT2D eigenvalue weighted by molar-refractivity contribution is 0.346. The van der Waals surface area contributed by atoms with Gasteiger partial charge in [0.15, 0.2) is 11.6 Å². The molecule has 18 heavy (non-hydrogen) atoms. The molecule has 0 saturated heterocycles. The summed E-state index contributed by atoms with van der Waals surface area (Å²) in [7, 11) is 1.42. The van der Waals surface area contributed by atoms with Gasteiger partial charge in [-0.05, 0) is 37.5 Å². The van der Waals surface area contributed by atoms with E-state index in [1.165, 1.54) is 20.1 Å². The Morgan fingerprint density at radius 1 is 1.33 bits per heavy atom. The van der Waals surface area contributed by atoms with Crippen LogP contribution in [-0.2, 0) is 5.54 Å². The summed E-state index contributed by atoms with van der Waals surface area (Å²) < 4.78 is 32.5. The fraction of sp³-hybridized carbons (Fsp3) is 0.571. The lowest BCUT2D eigenvalue weighted by Gasteiger charge is -2.27. The Bertz CT molecular complexity index is 440. The van der Waals surface area contributed by atoms with E-state index in [1.807, 2.05) is 0 Å². The normalized spacial score (nSPS) is 19.8. The molecule has 0 aromatic heterocycles. The van der Waals surface area contributed by atoms with Crippen LogP contribution >= 0.6 is 0 Å². The molecule has 0 heterocycles. The van der Waals surface area contributed by atoms with E-state index in [-0.39, 0.29) is 5.75 Å². The number of alkyl halides is 1. The molecule has 1 aromatic rings. The zero-order valence-electron chi connectivity index (χ0n) is 10.8. The van der Waals surface area contributed by atoms with Crippen LogP contribution < -0.4 is 10.5 Å². The highest BCUT2D eigenvalue weighted by atomic mass is 19.1. The lowest BCUT2D eigenvalue weighted by Crippen LogP contribution is -2.34. The fourth-order valence-corrected chi connectivity index (χ4v) is 2.70. The molecule has 0 amide bonds. The van der Waals surface area contributed by atoms with Gasteiger partial charge in [-0.1, -0.05) is 12.8 Å². The van der Waals surface area contributed by atoms with Crippen LogP contribution in [0, 0.1) is 5.82 Å². The molecule has 1 aliphatic carbocycles. The number of nitrogens with two attached hydrogens (primary N) is 1. The van der Waals surface area contributed by atoms with Crippen LogP contribution in [0.4, 0.5) is 8.78 Å². The van der Waals surface area contributed by atoms with Gasteiger partial charge >= 0.3 is 0 Å². The van der Waals surface area contributed by atoms with Gasteiger partial charge in [0.05, 0.1) is 7.11 Å². The highest BCUT2D eigenvalue weighted by molar-refractivity contribution is 5.44. The summed E-state index contributed by atoms with van der Waals surface area (Å²) in [6.07, 6.45) is 2.38. The van der Waals surface area contributed by atoms with Gasteiger partial charge < -0.3 is 10.5 Å². The van der Waals surface area contributed by atoms with Crippen LogP contribution in [0.25, 0.3) is 0 Å². The number of hydrogen-bond donors (Lipinski definition) is 1. The lowest BCUT2D eigenvalue weighted by atomic mass is 9.87. The van der Waals surface area contributed by atoms with E-state index >= 15 is 0 Å². The van der Waals surface area contributed by atoms with E-state index in [4.69, 9.17) is 10.5 Å². The molecule has 1 unspecified atom stereocenters. The molecular formula is C14H19F2NO. The van der Waals surface area contributed by atoms with E-state index in [9.17, 15) is 8.78 Å². The Hall–Kier alpha value is -1.16. The van der Waals surface area contributed by atoms with Crippen molar-refractivity contribution in [2.24, 2.45) is 5.73 Å². The quantitative estimate of drug-likeness (QED) is 0.895. The Balaban J connectivity index is 2.55. The number of hydrogen-bond acceptors (Lipinski definition) is 2. The van der Waals surface area contributed by atoms with Gasteiger partial charge in [0.25, 0.3) is 0 Å². The van der Waals surface area contributed by atoms with Crippen molar-refractivity contribution >= 4 is 0 Å². The van der Waals surface area contributed by atoms with Crippen molar-refractivity contribution in [2.75, 3.05) is 7.11 Å². The average molecular weight is 255 g/mol. The van der Waals surface area contributed by atoms with Gasteiger partial charge in [0.1, 0.15) is 6.17 Å². The molecule has 100 valence electrons. The summed E-state index contributed by atoms with van der Waals surface area (Å²) >= 11 is 0. The van der Waals surface area contributed by atoms with Crippen molar-refractivity contribution in [2.45, 2.75) is 44.3 Å². The molecular weight excluding hydrogens is 236 g/mol. The summed E-state index contributed by atoms with van der Waals surface area (Å²) in [5, 5.41) is 0. The highest BCUT2D eigenvalue weighted by Crippen LogP contribution is 2.42. The van der Waals surface area contributed by atoms with E-state index < -0.39 is 17.5 Å². The van der Waals surface area contributed by atoms with Crippen molar-refractivity contribution in [3.63, 3.8) is 0 Å². The smallest absolute Gasteiger partial charge is 0.165 e. The first kappa shape index (κ1) is 13.3. The second-order valence-electron chi connectivity index (χ2n) is 5.06. The minimum Gasteiger partial charge on any atom is -0.493 e. The Labute approximate surface area is 106 Å². The predicted molar refractivity (Wildman–Crippen MR) is 66.8 cm³/mol. The monoisotopic (exact) mass is 255 g/mol. The van der Waals surface area contributed by atoms with Crippen molar-refractivity contribution in [1.29, 1.82) is 0 Å². The molecule has 0 aliphatic heterocycles. The van der Waals surface area contributed by atoms with Gasteiger partial charge in [-0.15, -0.1) is 0 Å². The minimum atomic E-state index is -1.21. The molecule has 4 heteroatoms. The second kappa shape index (κ2) is 4.84. The highest BCUT2D eigenvalue weighted by Gasteiger charge is 2.35. The first-order chi connectivity index (χ1) is 8.48. The molecule has 0 radical (unpaired) electrons. The first-order valence-electron chi connectivity index (χ1n) is 6.29. The number of methoxy groups -OCH3 is 1. The molecule has 1 aromatic carbocycles. The standard InChI is InChI=1S/C14H19F2NO/c1-9(15)10-7-11(13(18-2)12(16)8-10)14(17)5-3-4-6-14/h7-9H,3-6,17H2,1-2H3. The minimum absolute atomic E-state index is 0.156. The maximum absolute atomic E-state index is 13.9. The van der Waals surface area contributed by atoms with E-state index in [0.29, 0.717) is 11.1 Å². The maximum Gasteiger partial charge on any atom is 0.165 e. The molecule has 1 fully saturated rings. The fourth-order valence-electron chi connectivity index (χ4n) is 2.70. The number of rotatable bonds is 3. The SMILES string of the molecule is COc1c(F)cc(C(C)F)cc1C1(N)CCCC1. The molecule has 1 aliphatic rings. The largest absolute Gasteiger partial charge is 0.493 e. The van der Waals surface area contributed by atoms with Gasteiger partial charge in [-0.3, -0.25) is 0 Å². The summed E-state index contributed by atoms with van der Waals surface area (Å²) in [5.74, 6) is -0.380. The first-order valence-corrected chi connectivity index (χ1v) is 6.29. The van der Waals surface area contributed by atoms with Crippen LogP contribution in [0.3, 0.4) is 0 Å². The zero-order valence-corrected chi connectivity index (χ0v) is 10.8. The molecule has 0 spiro atoms. The summed E-state index contributed by atoms with van der Waals surface area (Å²) in [6, 6.07) is 2.84. The third kappa shape index (κ3) is 2.21. The summed E-state index contributed by atoms with van der Waals surface area (Å²) in [5.41, 5.74) is 6.66. The van der Waals surface area contributed by atoms with Crippen molar-refractivity contribution in [3.05, 3.63) is 29.1 Å². The van der Waals surface area contributed by atoms with E-state index in [2.05, 4.69) is 0 Å². The van der Waals surface area contributed by atoms with Gasteiger partial charge in [0, 0.05) is 11.1 Å². The summed E-state index contributed by atoms with van der Waals surface area (Å²) in [6.45, 7) is 1.39. The van der Waals surface area contributed by atoms with Crippen molar-refractivity contribution in [1.82, 2.24) is 0 Å². The maximum atomic E-state index is 13.9. The van der Waals surface area contributed by atoms with Crippen molar-refractivity contribution in [3.8, 4) is 5.75 Å².